The van der Waals surface area contributed by atoms with Crippen LogP contribution < -0.4 is 20.2 Å². The van der Waals surface area contributed by atoms with Crippen LogP contribution in [0.3, 0.4) is 0 Å². The topological polar surface area (TPSA) is 89.0 Å². The molecule has 0 aliphatic carbocycles. The Bertz CT molecular complexity index is 1170. The SMILES string of the molecule is COc1cc(C=NNC(=O)CCC(=O)Nc2cccc(Cl)c2)ccc1OCc1ccc(Cl)cc1. The lowest BCUT2D eigenvalue weighted by molar-refractivity contribution is -0.124. The van der Waals surface area contributed by atoms with E-state index < -0.39 is 0 Å². The molecule has 0 aromatic heterocycles. The van der Waals surface area contributed by atoms with Gasteiger partial charge in [0.25, 0.3) is 0 Å². The average molecular weight is 500 g/mol. The van der Waals surface area contributed by atoms with E-state index in [0.717, 1.165) is 5.56 Å². The van der Waals surface area contributed by atoms with Gasteiger partial charge in [-0.05, 0) is 59.7 Å². The number of nitrogens with one attached hydrogen (secondary N) is 2. The highest BCUT2D eigenvalue weighted by molar-refractivity contribution is 6.31. The molecule has 2 amide bonds. The number of hydrogen-bond donors (Lipinski definition) is 2. The fourth-order valence-corrected chi connectivity index (χ4v) is 3.19. The van der Waals surface area contributed by atoms with Crippen molar-refractivity contribution in [3.63, 3.8) is 0 Å². The van der Waals surface area contributed by atoms with Crippen LogP contribution in [-0.4, -0.2) is 25.1 Å². The lowest BCUT2D eigenvalue weighted by Gasteiger charge is -2.11. The fourth-order valence-electron chi connectivity index (χ4n) is 2.88. The molecule has 0 unspecified atom stereocenters. The first-order valence-electron chi connectivity index (χ1n) is 10.4. The highest BCUT2D eigenvalue weighted by Crippen LogP contribution is 2.28. The maximum absolute atomic E-state index is 12.0. The summed E-state index contributed by atoms with van der Waals surface area (Å²) in [5, 5.41) is 7.81. The van der Waals surface area contributed by atoms with Gasteiger partial charge in [-0.2, -0.15) is 5.10 Å². The van der Waals surface area contributed by atoms with E-state index in [2.05, 4.69) is 15.8 Å². The number of carbonyl (C=O) groups excluding carboxylic acids is 2. The summed E-state index contributed by atoms with van der Waals surface area (Å²) in [5.74, 6) is 0.430. The number of ether oxygens (including phenoxy) is 2. The summed E-state index contributed by atoms with van der Waals surface area (Å²) in [4.78, 5) is 24.0. The van der Waals surface area contributed by atoms with Gasteiger partial charge in [0.15, 0.2) is 11.5 Å². The number of rotatable bonds is 10. The molecule has 176 valence electrons. The van der Waals surface area contributed by atoms with Crippen LogP contribution in [0.2, 0.25) is 10.0 Å². The van der Waals surface area contributed by atoms with Gasteiger partial charge in [-0.15, -0.1) is 0 Å². The molecule has 0 saturated carbocycles. The number of anilines is 1. The first kappa shape index (κ1) is 25.1. The maximum atomic E-state index is 12.0. The Hall–Kier alpha value is -3.55. The van der Waals surface area contributed by atoms with Gasteiger partial charge in [-0.3, -0.25) is 9.59 Å². The van der Waals surface area contributed by atoms with Crippen LogP contribution >= 0.6 is 23.2 Å². The van der Waals surface area contributed by atoms with E-state index >= 15 is 0 Å². The smallest absolute Gasteiger partial charge is 0.240 e. The highest BCUT2D eigenvalue weighted by Gasteiger charge is 2.08. The summed E-state index contributed by atoms with van der Waals surface area (Å²) in [6, 6.07) is 19.5. The molecule has 0 heterocycles. The minimum atomic E-state index is -0.382. The lowest BCUT2D eigenvalue weighted by atomic mass is 10.2. The number of methoxy groups -OCH3 is 1. The molecule has 0 fully saturated rings. The molecular formula is C25H23Cl2N3O4. The molecule has 34 heavy (non-hydrogen) atoms. The van der Waals surface area contributed by atoms with E-state index in [4.69, 9.17) is 32.7 Å². The molecular weight excluding hydrogens is 477 g/mol. The van der Waals surface area contributed by atoms with Crippen LogP contribution in [0.4, 0.5) is 5.69 Å². The minimum absolute atomic E-state index is 0.00939. The lowest BCUT2D eigenvalue weighted by Crippen LogP contribution is -2.20. The highest BCUT2D eigenvalue weighted by atomic mass is 35.5. The van der Waals surface area contributed by atoms with Crippen molar-refractivity contribution in [2.45, 2.75) is 19.4 Å². The van der Waals surface area contributed by atoms with Crippen molar-refractivity contribution >= 4 is 46.9 Å². The van der Waals surface area contributed by atoms with E-state index in [1.165, 1.54) is 6.21 Å². The van der Waals surface area contributed by atoms with E-state index in [9.17, 15) is 9.59 Å². The number of hydrogen-bond acceptors (Lipinski definition) is 5. The zero-order valence-corrected chi connectivity index (χ0v) is 19.9. The Balaban J connectivity index is 1.46. The zero-order chi connectivity index (χ0) is 24.3. The van der Waals surface area contributed by atoms with E-state index in [1.807, 2.05) is 12.1 Å². The van der Waals surface area contributed by atoms with E-state index in [1.54, 1.807) is 61.7 Å². The van der Waals surface area contributed by atoms with Gasteiger partial charge in [-0.25, -0.2) is 5.43 Å². The van der Waals surface area contributed by atoms with Gasteiger partial charge in [0.05, 0.1) is 13.3 Å². The van der Waals surface area contributed by atoms with Crippen molar-refractivity contribution < 1.29 is 19.1 Å². The van der Waals surface area contributed by atoms with Gasteiger partial charge < -0.3 is 14.8 Å². The molecule has 2 N–H and O–H groups in total. The first-order chi connectivity index (χ1) is 16.4. The standard InChI is InChI=1S/C25H23Cl2N3O4/c1-33-23-13-18(7-10-22(23)34-16-17-5-8-19(26)9-6-17)15-28-30-25(32)12-11-24(31)29-21-4-2-3-20(27)14-21/h2-10,13-15H,11-12,16H2,1H3,(H,29,31)(H,30,32). The summed E-state index contributed by atoms with van der Waals surface area (Å²) in [6.07, 6.45) is 1.49. The van der Waals surface area contributed by atoms with Crippen LogP contribution in [0.25, 0.3) is 0 Å². The largest absolute Gasteiger partial charge is 0.493 e. The maximum Gasteiger partial charge on any atom is 0.240 e. The number of benzene rings is 3. The molecule has 0 radical (unpaired) electrons. The van der Waals surface area contributed by atoms with E-state index in [0.29, 0.717) is 39.4 Å². The summed E-state index contributed by atoms with van der Waals surface area (Å²) >= 11 is 11.8. The third-order valence-electron chi connectivity index (χ3n) is 4.59. The molecule has 0 saturated heterocycles. The number of amides is 2. The van der Waals surface area contributed by atoms with Crippen LogP contribution in [0.1, 0.15) is 24.0 Å². The molecule has 3 rings (SSSR count). The van der Waals surface area contributed by atoms with Gasteiger partial charge >= 0.3 is 0 Å². The van der Waals surface area contributed by atoms with Crippen LogP contribution in [0.15, 0.2) is 71.8 Å². The van der Waals surface area contributed by atoms with Crippen molar-refractivity contribution in [3.05, 3.63) is 87.9 Å². The quantitative estimate of drug-likeness (QED) is 0.286. The second-order valence-electron chi connectivity index (χ2n) is 7.18. The third kappa shape index (κ3) is 8.10. The Labute approximate surface area is 207 Å². The second-order valence-corrected chi connectivity index (χ2v) is 8.05. The molecule has 0 aliphatic heterocycles. The number of carbonyl (C=O) groups is 2. The summed E-state index contributed by atoms with van der Waals surface area (Å²) in [7, 11) is 1.54. The molecule has 0 atom stereocenters. The minimum Gasteiger partial charge on any atom is -0.493 e. The normalized spacial score (nSPS) is 10.7. The molecule has 0 bridgehead atoms. The molecule has 0 aliphatic rings. The van der Waals surface area contributed by atoms with Gasteiger partial charge in [0.1, 0.15) is 6.61 Å². The van der Waals surface area contributed by atoms with Crippen LogP contribution in [-0.2, 0) is 16.2 Å². The summed E-state index contributed by atoms with van der Waals surface area (Å²) < 4.78 is 11.2. The number of hydrazone groups is 1. The van der Waals surface area contributed by atoms with Crippen LogP contribution in [0, 0.1) is 0 Å². The van der Waals surface area contributed by atoms with E-state index in [-0.39, 0.29) is 24.7 Å². The van der Waals surface area contributed by atoms with Gasteiger partial charge in [-0.1, -0.05) is 41.4 Å². The van der Waals surface area contributed by atoms with Gasteiger partial charge in [0, 0.05) is 28.6 Å². The predicted octanol–water partition coefficient (Wildman–Crippen LogP) is 5.45. The molecule has 3 aromatic rings. The fraction of sp³-hybridized carbons (Fsp3) is 0.160. The Morgan fingerprint density at radius 1 is 0.912 bits per heavy atom. The molecule has 3 aromatic carbocycles. The Morgan fingerprint density at radius 2 is 1.68 bits per heavy atom. The van der Waals surface area contributed by atoms with Crippen molar-refractivity contribution in [1.29, 1.82) is 0 Å². The van der Waals surface area contributed by atoms with Crippen LogP contribution in [0.5, 0.6) is 11.5 Å². The third-order valence-corrected chi connectivity index (χ3v) is 5.07. The molecule has 7 nitrogen and oxygen atoms in total. The Kier molecular flexibility index (Phi) is 9.31. The van der Waals surface area contributed by atoms with Crippen molar-refractivity contribution in [1.82, 2.24) is 5.43 Å². The monoisotopic (exact) mass is 499 g/mol. The number of nitrogens with zero attached hydrogens (tertiary/aromatic N) is 1. The first-order valence-corrected chi connectivity index (χ1v) is 11.1. The average Bonchev–Trinajstić information content (AvgIpc) is 2.83. The predicted molar refractivity (Wildman–Crippen MR) is 134 cm³/mol. The van der Waals surface area contributed by atoms with Crippen molar-refractivity contribution in [2.24, 2.45) is 5.10 Å². The van der Waals surface area contributed by atoms with Crippen molar-refractivity contribution in [3.8, 4) is 11.5 Å². The second kappa shape index (κ2) is 12.6. The van der Waals surface area contributed by atoms with Gasteiger partial charge in [0.2, 0.25) is 11.8 Å². The summed E-state index contributed by atoms with van der Waals surface area (Å²) in [5.41, 5.74) is 4.66. The molecule has 0 spiro atoms. The van der Waals surface area contributed by atoms with Crippen molar-refractivity contribution in [2.75, 3.05) is 12.4 Å². The zero-order valence-electron chi connectivity index (χ0n) is 18.4. The summed E-state index contributed by atoms with van der Waals surface area (Å²) in [6.45, 7) is 0.363. The Morgan fingerprint density at radius 3 is 2.41 bits per heavy atom. The number of halogens is 2. The molecule has 9 heteroatoms.